The second-order valence-electron chi connectivity index (χ2n) is 8.08. The van der Waals surface area contributed by atoms with Gasteiger partial charge < -0.3 is 14.5 Å². The normalized spacial score (nSPS) is 11.8. The van der Waals surface area contributed by atoms with Crippen LogP contribution in [0.4, 0.5) is 5.69 Å². The van der Waals surface area contributed by atoms with Crippen LogP contribution in [0.25, 0.3) is 11.5 Å². The van der Waals surface area contributed by atoms with E-state index in [0.29, 0.717) is 23.0 Å². The van der Waals surface area contributed by atoms with E-state index in [1.54, 1.807) is 38.1 Å². The Labute approximate surface area is 192 Å². The van der Waals surface area contributed by atoms with Gasteiger partial charge in [-0.3, -0.25) is 14.4 Å². The van der Waals surface area contributed by atoms with Crippen LogP contribution in [0.3, 0.4) is 0 Å². The lowest BCUT2D eigenvalue weighted by Crippen LogP contribution is -2.24. The van der Waals surface area contributed by atoms with Crippen molar-refractivity contribution in [2.45, 2.75) is 46.6 Å². The number of nitrogens with zero attached hydrogens (tertiary/aromatic N) is 2. The average Bonchev–Trinajstić information content (AvgIpc) is 3.27. The van der Waals surface area contributed by atoms with E-state index in [0.717, 1.165) is 11.1 Å². The highest BCUT2D eigenvalue weighted by atomic mass is 16.5. The zero-order valence-electron chi connectivity index (χ0n) is 19.1. The largest absolute Gasteiger partial charge is 0.454 e. The number of nitrogens with one attached hydrogen (secondary N) is 1. The molecule has 1 atom stereocenters. The van der Waals surface area contributed by atoms with Gasteiger partial charge in [-0.05, 0) is 50.2 Å². The summed E-state index contributed by atoms with van der Waals surface area (Å²) in [6.07, 6.45) is -0.727. The number of hydrogen-bond donors (Lipinski definition) is 1. The number of ether oxygens (including phenoxy) is 1. The number of amides is 1. The van der Waals surface area contributed by atoms with Gasteiger partial charge in [0.1, 0.15) is 0 Å². The second kappa shape index (κ2) is 10.7. The lowest BCUT2D eigenvalue weighted by Gasteiger charge is -2.13. The van der Waals surface area contributed by atoms with Crippen LogP contribution in [0.5, 0.6) is 0 Å². The maximum Gasteiger partial charge on any atom is 0.307 e. The first-order valence-corrected chi connectivity index (χ1v) is 10.8. The van der Waals surface area contributed by atoms with Crippen molar-refractivity contribution in [3.05, 3.63) is 65.5 Å². The molecule has 3 aromatic rings. The van der Waals surface area contributed by atoms with E-state index in [-0.39, 0.29) is 30.4 Å². The fourth-order valence-corrected chi connectivity index (χ4v) is 2.93. The number of carbonyl (C=O) groups is 3. The minimum Gasteiger partial charge on any atom is -0.454 e. The number of aromatic nitrogens is 2. The summed E-state index contributed by atoms with van der Waals surface area (Å²) in [5.41, 5.74) is 2.91. The van der Waals surface area contributed by atoms with Crippen molar-refractivity contribution in [1.82, 2.24) is 10.2 Å². The molecular weight excluding hydrogens is 422 g/mol. The van der Waals surface area contributed by atoms with E-state index in [9.17, 15) is 14.4 Å². The van der Waals surface area contributed by atoms with Crippen molar-refractivity contribution in [3.63, 3.8) is 0 Å². The smallest absolute Gasteiger partial charge is 0.307 e. The molecule has 0 aliphatic rings. The van der Waals surface area contributed by atoms with Crippen molar-refractivity contribution in [3.8, 4) is 11.5 Å². The zero-order chi connectivity index (χ0) is 24.0. The first-order chi connectivity index (χ1) is 15.7. The molecule has 1 heterocycles. The molecule has 8 nitrogen and oxygen atoms in total. The van der Waals surface area contributed by atoms with E-state index in [1.165, 1.54) is 6.92 Å². The maximum atomic E-state index is 12.6. The fraction of sp³-hybridized carbons (Fsp3) is 0.320. The van der Waals surface area contributed by atoms with Crippen LogP contribution in [-0.4, -0.2) is 34.0 Å². The van der Waals surface area contributed by atoms with Gasteiger partial charge in [0.05, 0.1) is 6.42 Å². The lowest BCUT2D eigenvalue weighted by atomic mass is 10.1. The molecule has 0 saturated heterocycles. The molecular formula is C25H27N3O5. The number of aryl methyl sites for hydroxylation is 2. The Morgan fingerprint density at radius 1 is 0.970 bits per heavy atom. The Hall–Kier alpha value is -3.81. The number of rotatable bonds is 9. The highest BCUT2D eigenvalue weighted by Crippen LogP contribution is 2.19. The summed E-state index contributed by atoms with van der Waals surface area (Å²) >= 11 is 0. The van der Waals surface area contributed by atoms with Crippen molar-refractivity contribution in [1.29, 1.82) is 0 Å². The van der Waals surface area contributed by atoms with Crippen LogP contribution in [0.2, 0.25) is 0 Å². The standard InChI is InChI=1S/C25H27N3O5/c1-15(2)24(31)26-20-11-9-18(10-12-20)23(30)17(4)32-22(29)14-13-21-27-28-25(33-21)19-7-5-16(3)6-8-19/h5-12,15,17H,13-14H2,1-4H3,(H,26,31). The number of ketones is 1. The van der Waals surface area contributed by atoms with Crippen molar-refractivity contribution in [2.24, 2.45) is 5.92 Å². The quantitative estimate of drug-likeness (QED) is 0.381. The molecule has 1 aromatic heterocycles. The summed E-state index contributed by atoms with van der Waals surface area (Å²) in [5, 5.41) is 10.7. The Morgan fingerprint density at radius 3 is 2.27 bits per heavy atom. The van der Waals surface area contributed by atoms with E-state index in [2.05, 4.69) is 15.5 Å². The Morgan fingerprint density at radius 2 is 1.64 bits per heavy atom. The van der Waals surface area contributed by atoms with Gasteiger partial charge >= 0.3 is 5.97 Å². The zero-order valence-corrected chi connectivity index (χ0v) is 19.1. The predicted molar refractivity (Wildman–Crippen MR) is 123 cm³/mol. The Kier molecular flexibility index (Phi) is 7.71. The van der Waals surface area contributed by atoms with Crippen LogP contribution < -0.4 is 5.32 Å². The number of carbonyl (C=O) groups excluding carboxylic acids is 3. The molecule has 0 spiro atoms. The summed E-state index contributed by atoms with van der Waals surface area (Å²) in [6.45, 7) is 7.11. The summed E-state index contributed by atoms with van der Waals surface area (Å²) in [5.74, 6) is -0.414. The lowest BCUT2D eigenvalue weighted by molar-refractivity contribution is -0.146. The average molecular weight is 450 g/mol. The molecule has 8 heteroatoms. The van der Waals surface area contributed by atoms with E-state index < -0.39 is 12.1 Å². The molecule has 1 N–H and O–H groups in total. The molecule has 33 heavy (non-hydrogen) atoms. The summed E-state index contributed by atoms with van der Waals surface area (Å²) in [4.78, 5) is 36.5. The number of anilines is 1. The number of benzene rings is 2. The summed E-state index contributed by atoms with van der Waals surface area (Å²) in [7, 11) is 0. The van der Waals surface area contributed by atoms with Crippen molar-refractivity contribution >= 4 is 23.3 Å². The third kappa shape index (κ3) is 6.58. The van der Waals surface area contributed by atoms with Crippen molar-refractivity contribution < 1.29 is 23.5 Å². The molecule has 1 amide bonds. The van der Waals surface area contributed by atoms with Gasteiger partial charge in [0.25, 0.3) is 0 Å². The number of hydrogen-bond acceptors (Lipinski definition) is 7. The summed E-state index contributed by atoms with van der Waals surface area (Å²) in [6, 6.07) is 14.1. The first-order valence-electron chi connectivity index (χ1n) is 10.8. The van der Waals surface area contributed by atoms with Crippen LogP contribution in [0.1, 0.15) is 49.0 Å². The van der Waals surface area contributed by atoms with Gasteiger partial charge in [-0.15, -0.1) is 10.2 Å². The van der Waals surface area contributed by atoms with Gasteiger partial charge in [0, 0.05) is 29.2 Å². The van der Waals surface area contributed by atoms with Crippen LogP contribution in [0, 0.1) is 12.8 Å². The molecule has 3 rings (SSSR count). The second-order valence-corrected chi connectivity index (χ2v) is 8.08. The summed E-state index contributed by atoms with van der Waals surface area (Å²) < 4.78 is 10.9. The third-order valence-corrected chi connectivity index (χ3v) is 4.95. The molecule has 1 unspecified atom stereocenters. The maximum absolute atomic E-state index is 12.6. The number of esters is 1. The highest BCUT2D eigenvalue weighted by molar-refractivity contribution is 6.01. The van der Waals surface area contributed by atoms with E-state index in [1.807, 2.05) is 31.2 Å². The monoisotopic (exact) mass is 449 g/mol. The Balaban J connectivity index is 1.49. The van der Waals surface area contributed by atoms with Gasteiger partial charge in [-0.2, -0.15) is 0 Å². The van der Waals surface area contributed by atoms with Gasteiger partial charge in [0.15, 0.2) is 6.10 Å². The van der Waals surface area contributed by atoms with Crippen LogP contribution in [-0.2, 0) is 20.7 Å². The van der Waals surface area contributed by atoms with E-state index in [4.69, 9.17) is 9.15 Å². The van der Waals surface area contributed by atoms with Gasteiger partial charge in [-0.1, -0.05) is 31.5 Å². The third-order valence-electron chi connectivity index (χ3n) is 4.95. The molecule has 0 radical (unpaired) electrons. The molecule has 0 aliphatic carbocycles. The SMILES string of the molecule is Cc1ccc(-c2nnc(CCC(=O)OC(C)C(=O)c3ccc(NC(=O)C(C)C)cc3)o2)cc1. The van der Waals surface area contributed by atoms with Gasteiger partial charge in [-0.25, -0.2) is 0 Å². The molecule has 0 fully saturated rings. The first kappa shape index (κ1) is 23.8. The molecule has 172 valence electrons. The molecule has 2 aromatic carbocycles. The fourth-order valence-electron chi connectivity index (χ4n) is 2.93. The molecule has 0 bridgehead atoms. The topological polar surface area (TPSA) is 111 Å². The van der Waals surface area contributed by atoms with Crippen LogP contribution in [0.15, 0.2) is 52.9 Å². The van der Waals surface area contributed by atoms with E-state index >= 15 is 0 Å². The number of Topliss-reactive ketones (excluding diaryl/α,β-unsaturated/α-hetero) is 1. The Bertz CT molecular complexity index is 1120. The minimum absolute atomic E-state index is 0.00726. The molecule has 0 aliphatic heterocycles. The molecule has 0 saturated carbocycles. The predicted octanol–water partition coefficient (Wildman–Crippen LogP) is 4.39. The highest BCUT2D eigenvalue weighted by Gasteiger charge is 2.20. The minimum atomic E-state index is -0.945. The van der Waals surface area contributed by atoms with Crippen LogP contribution >= 0.6 is 0 Å². The van der Waals surface area contributed by atoms with Crippen molar-refractivity contribution in [2.75, 3.05) is 5.32 Å². The van der Waals surface area contributed by atoms with Gasteiger partial charge in [0.2, 0.25) is 23.5 Å².